The summed E-state index contributed by atoms with van der Waals surface area (Å²) in [6.07, 6.45) is 7.25. The molecule has 0 aliphatic rings. The van der Waals surface area contributed by atoms with Gasteiger partial charge in [0, 0.05) is 19.4 Å². The maximum absolute atomic E-state index is 4.16. The Balaban J connectivity index is 2.10. The van der Waals surface area contributed by atoms with Gasteiger partial charge in [-0.15, -0.1) is 0 Å². The van der Waals surface area contributed by atoms with Gasteiger partial charge in [0.2, 0.25) is 0 Å². The van der Waals surface area contributed by atoms with E-state index in [0.717, 1.165) is 16.9 Å². The summed E-state index contributed by atoms with van der Waals surface area (Å²) < 4.78 is 0. The molecule has 88 valence electrons. The lowest BCUT2D eigenvalue weighted by Gasteiger charge is -2.15. The van der Waals surface area contributed by atoms with Crippen molar-refractivity contribution < 1.29 is 0 Å². The molecule has 0 saturated heterocycles. The molecule has 0 radical (unpaired) electrons. The second-order valence-corrected chi connectivity index (χ2v) is 3.86. The van der Waals surface area contributed by atoms with Crippen LogP contribution < -0.4 is 10.6 Å². The Morgan fingerprint density at radius 1 is 1.12 bits per heavy atom. The van der Waals surface area contributed by atoms with Crippen molar-refractivity contribution in [2.45, 2.75) is 13.0 Å². The van der Waals surface area contributed by atoms with Crippen LogP contribution in [0, 0.1) is 0 Å². The SMILES string of the molecule is CNc1cncc(NC(C)c2cccnc2)c1. The minimum absolute atomic E-state index is 0.206. The van der Waals surface area contributed by atoms with Crippen molar-refractivity contribution in [3.05, 3.63) is 48.5 Å². The molecule has 2 heterocycles. The highest BCUT2D eigenvalue weighted by atomic mass is 14.9. The van der Waals surface area contributed by atoms with Crippen LogP contribution in [-0.4, -0.2) is 17.0 Å². The van der Waals surface area contributed by atoms with E-state index in [1.807, 2.05) is 31.6 Å². The molecule has 2 aromatic heterocycles. The van der Waals surface area contributed by atoms with Crippen molar-refractivity contribution in [3.8, 4) is 0 Å². The molecule has 0 amide bonds. The van der Waals surface area contributed by atoms with E-state index in [4.69, 9.17) is 0 Å². The molecule has 1 atom stereocenters. The number of nitrogens with zero attached hydrogens (tertiary/aromatic N) is 2. The Morgan fingerprint density at radius 3 is 2.65 bits per heavy atom. The van der Waals surface area contributed by atoms with E-state index in [9.17, 15) is 0 Å². The Labute approximate surface area is 101 Å². The number of rotatable bonds is 4. The molecule has 2 rings (SSSR count). The third-order valence-corrected chi connectivity index (χ3v) is 2.59. The fraction of sp³-hybridized carbons (Fsp3) is 0.231. The highest BCUT2D eigenvalue weighted by Gasteiger charge is 2.05. The summed E-state index contributed by atoms with van der Waals surface area (Å²) in [6, 6.07) is 6.23. The maximum Gasteiger partial charge on any atom is 0.0552 e. The van der Waals surface area contributed by atoms with Crippen LogP contribution in [0.2, 0.25) is 0 Å². The summed E-state index contributed by atoms with van der Waals surface area (Å²) >= 11 is 0. The van der Waals surface area contributed by atoms with E-state index in [2.05, 4.69) is 33.6 Å². The summed E-state index contributed by atoms with van der Waals surface area (Å²) in [6.45, 7) is 2.10. The van der Waals surface area contributed by atoms with Gasteiger partial charge in [-0.25, -0.2) is 0 Å². The molecule has 1 unspecified atom stereocenters. The van der Waals surface area contributed by atoms with Crippen molar-refractivity contribution in [1.82, 2.24) is 9.97 Å². The lowest BCUT2D eigenvalue weighted by atomic mass is 10.1. The van der Waals surface area contributed by atoms with Crippen molar-refractivity contribution in [2.24, 2.45) is 0 Å². The lowest BCUT2D eigenvalue weighted by molar-refractivity contribution is 0.874. The number of nitrogens with one attached hydrogen (secondary N) is 2. The molecular weight excluding hydrogens is 212 g/mol. The molecule has 17 heavy (non-hydrogen) atoms. The summed E-state index contributed by atoms with van der Waals surface area (Å²) in [7, 11) is 1.88. The molecule has 0 aliphatic heterocycles. The van der Waals surface area contributed by atoms with Crippen LogP contribution in [0.5, 0.6) is 0 Å². The third kappa shape index (κ3) is 2.93. The summed E-state index contributed by atoms with van der Waals surface area (Å²) in [4.78, 5) is 8.27. The van der Waals surface area contributed by atoms with Crippen LogP contribution in [0.25, 0.3) is 0 Å². The maximum atomic E-state index is 4.16. The average Bonchev–Trinajstić information content (AvgIpc) is 2.40. The monoisotopic (exact) mass is 228 g/mol. The standard InChI is InChI=1S/C13H16N4/c1-10(11-4-3-5-15-7-11)17-13-6-12(14-2)8-16-9-13/h3-10,14,17H,1-2H3. The quantitative estimate of drug-likeness (QED) is 0.844. The van der Waals surface area contributed by atoms with Crippen molar-refractivity contribution in [1.29, 1.82) is 0 Å². The molecule has 2 aromatic rings. The van der Waals surface area contributed by atoms with Gasteiger partial charge >= 0.3 is 0 Å². The first-order chi connectivity index (χ1) is 8.29. The van der Waals surface area contributed by atoms with Gasteiger partial charge in [0.05, 0.1) is 29.8 Å². The van der Waals surface area contributed by atoms with Gasteiger partial charge in [-0.3, -0.25) is 9.97 Å². The first-order valence-electron chi connectivity index (χ1n) is 5.59. The Kier molecular flexibility index (Phi) is 3.55. The van der Waals surface area contributed by atoms with Crippen molar-refractivity contribution >= 4 is 11.4 Å². The van der Waals surface area contributed by atoms with Crippen molar-refractivity contribution in [2.75, 3.05) is 17.7 Å². The van der Waals surface area contributed by atoms with E-state index in [1.165, 1.54) is 0 Å². The molecule has 2 N–H and O–H groups in total. The van der Waals surface area contributed by atoms with Gasteiger partial charge in [0.15, 0.2) is 0 Å². The second-order valence-electron chi connectivity index (χ2n) is 3.86. The van der Waals surface area contributed by atoms with Crippen LogP contribution in [-0.2, 0) is 0 Å². The zero-order valence-corrected chi connectivity index (χ0v) is 10.0. The number of anilines is 2. The summed E-state index contributed by atoms with van der Waals surface area (Å²) in [5.74, 6) is 0. The zero-order valence-electron chi connectivity index (χ0n) is 10.0. The minimum atomic E-state index is 0.206. The molecular formula is C13H16N4. The molecule has 0 aliphatic carbocycles. The smallest absolute Gasteiger partial charge is 0.0552 e. The van der Waals surface area contributed by atoms with Crippen LogP contribution >= 0.6 is 0 Å². The number of aromatic nitrogens is 2. The molecule has 4 heteroatoms. The lowest BCUT2D eigenvalue weighted by Crippen LogP contribution is -2.07. The van der Waals surface area contributed by atoms with Gasteiger partial charge in [0.25, 0.3) is 0 Å². The van der Waals surface area contributed by atoms with E-state index in [0.29, 0.717) is 0 Å². The Bertz CT molecular complexity index is 470. The molecule has 0 bridgehead atoms. The Morgan fingerprint density at radius 2 is 1.94 bits per heavy atom. The molecule has 0 saturated carbocycles. The normalized spacial score (nSPS) is 11.9. The van der Waals surface area contributed by atoms with Crippen LogP contribution in [0.1, 0.15) is 18.5 Å². The fourth-order valence-electron chi connectivity index (χ4n) is 1.62. The highest BCUT2D eigenvalue weighted by molar-refractivity contribution is 5.54. The molecule has 0 aromatic carbocycles. The van der Waals surface area contributed by atoms with Gasteiger partial charge in [-0.2, -0.15) is 0 Å². The van der Waals surface area contributed by atoms with Crippen LogP contribution in [0.3, 0.4) is 0 Å². The van der Waals surface area contributed by atoms with Gasteiger partial charge in [-0.1, -0.05) is 6.07 Å². The largest absolute Gasteiger partial charge is 0.387 e. The van der Waals surface area contributed by atoms with Crippen LogP contribution in [0.4, 0.5) is 11.4 Å². The van der Waals surface area contributed by atoms with E-state index < -0.39 is 0 Å². The van der Waals surface area contributed by atoms with Crippen molar-refractivity contribution in [3.63, 3.8) is 0 Å². The average molecular weight is 228 g/mol. The number of hydrogen-bond acceptors (Lipinski definition) is 4. The topological polar surface area (TPSA) is 49.8 Å². The predicted octanol–water partition coefficient (Wildman–Crippen LogP) is 2.69. The summed E-state index contributed by atoms with van der Waals surface area (Å²) in [5.41, 5.74) is 3.14. The van der Waals surface area contributed by atoms with E-state index >= 15 is 0 Å². The van der Waals surface area contributed by atoms with E-state index in [-0.39, 0.29) is 6.04 Å². The zero-order chi connectivity index (χ0) is 12.1. The second kappa shape index (κ2) is 5.30. The van der Waals surface area contributed by atoms with Crippen LogP contribution in [0.15, 0.2) is 43.0 Å². The number of hydrogen-bond donors (Lipinski definition) is 2. The third-order valence-electron chi connectivity index (χ3n) is 2.59. The molecule has 0 spiro atoms. The summed E-state index contributed by atoms with van der Waals surface area (Å²) in [5, 5.41) is 6.46. The van der Waals surface area contributed by atoms with Gasteiger partial charge < -0.3 is 10.6 Å². The van der Waals surface area contributed by atoms with E-state index in [1.54, 1.807) is 12.4 Å². The van der Waals surface area contributed by atoms with Gasteiger partial charge in [0.1, 0.15) is 0 Å². The van der Waals surface area contributed by atoms with Gasteiger partial charge in [-0.05, 0) is 24.6 Å². The Hall–Kier alpha value is -2.10. The first kappa shape index (κ1) is 11.4. The number of pyridine rings is 2. The molecule has 0 fully saturated rings. The highest BCUT2D eigenvalue weighted by Crippen LogP contribution is 2.19. The molecule has 4 nitrogen and oxygen atoms in total. The predicted molar refractivity (Wildman–Crippen MR) is 70.1 cm³/mol. The minimum Gasteiger partial charge on any atom is -0.387 e. The fourth-order valence-corrected chi connectivity index (χ4v) is 1.62. The first-order valence-corrected chi connectivity index (χ1v) is 5.59.